The first-order valence-electron chi connectivity index (χ1n) is 4.67. The largest absolute Gasteiger partial charge is 1.00 e. The van der Waals surface area contributed by atoms with E-state index in [4.69, 9.17) is 0 Å². The number of carboxylic acids is 2. The van der Waals surface area contributed by atoms with E-state index in [0.717, 1.165) is 0 Å². The molecular weight excluding hydrogens is 260 g/mol. The molecule has 7 nitrogen and oxygen atoms in total. The van der Waals surface area contributed by atoms with Crippen LogP contribution in [0.25, 0.3) is 0 Å². The van der Waals surface area contributed by atoms with Gasteiger partial charge in [0.2, 0.25) is 0 Å². The molecule has 0 spiro atoms. The minimum Gasteiger partial charge on any atom is -0.549 e. The molecule has 18 heavy (non-hydrogen) atoms. The van der Waals surface area contributed by atoms with Gasteiger partial charge in [-0.05, 0) is 6.07 Å². The summed E-state index contributed by atoms with van der Waals surface area (Å²) >= 11 is 0. The smallest absolute Gasteiger partial charge is 0.549 e. The molecule has 0 aliphatic rings. The fourth-order valence-electron chi connectivity index (χ4n) is 1.26. The monoisotopic (exact) mass is 271 g/mol. The molecule has 0 amide bonds. The predicted molar refractivity (Wildman–Crippen MR) is 48.7 cm³/mol. The van der Waals surface area contributed by atoms with E-state index in [1.54, 1.807) is 23.1 Å². The van der Waals surface area contributed by atoms with Crippen LogP contribution in [0.2, 0.25) is 0 Å². The molecule has 0 aliphatic carbocycles. The van der Waals surface area contributed by atoms with Gasteiger partial charge in [0, 0.05) is 32.0 Å². The Morgan fingerprint density at radius 1 is 1.17 bits per heavy atom. The molecule has 0 fully saturated rings. The van der Waals surface area contributed by atoms with Crippen molar-refractivity contribution >= 4 is 11.9 Å². The molecule has 88 valence electrons. The molecule has 0 saturated heterocycles. The maximum Gasteiger partial charge on any atom is 1.00 e. The third-order valence-electron chi connectivity index (χ3n) is 1.91. The summed E-state index contributed by atoms with van der Waals surface area (Å²) in [5.41, 5.74) is 0. The molecule has 0 N–H and O–H groups in total. The van der Waals surface area contributed by atoms with E-state index in [0.29, 0.717) is 6.54 Å². The van der Waals surface area contributed by atoms with Crippen molar-refractivity contribution in [2.75, 3.05) is 19.6 Å². The van der Waals surface area contributed by atoms with Crippen molar-refractivity contribution in [3.63, 3.8) is 0 Å². The Morgan fingerprint density at radius 2 is 1.72 bits per heavy atom. The summed E-state index contributed by atoms with van der Waals surface area (Å²) in [5, 5.41) is 24.6. The Labute approximate surface area is 149 Å². The summed E-state index contributed by atoms with van der Waals surface area (Å²) in [6, 6.07) is 1.72. The Kier molecular flexibility index (Phi) is 12.5. The third kappa shape index (κ3) is 9.09. The number of nitrogens with zero attached hydrogens (tertiary/aromatic N) is 3. The van der Waals surface area contributed by atoms with Crippen LogP contribution in [0.3, 0.4) is 0 Å². The number of rotatable bonds is 7. The number of carbonyl (C=O) groups excluding carboxylic acids is 2. The van der Waals surface area contributed by atoms with Gasteiger partial charge in [-0.25, -0.2) is 0 Å². The minimum absolute atomic E-state index is 0. The number of hydrogen-bond donors (Lipinski definition) is 0. The average molecular weight is 271 g/mol. The van der Waals surface area contributed by atoms with E-state index >= 15 is 0 Å². The van der Waals surface area contributed by atoms with Gasteiger partial charge in [-0.15, -0.1) is 0 Å². The molecular formula is C9H11N3Na2O4. The van der Waals surface area contributed by atoms with E-state index in [1.165, 1.54) is 4.90 Å². The predicted octanol–water partition coefficient (Wildman–Crippen LogP) is -9.31. The Morgan fingerprint density at radius 3 is 2.11 bits per heavy atom. The van der Waals surface area contributed by atoms with Crippen LogP contribution in [0, 0.1) is 0 Å². The topological polar surface area (TPSA) is 101 Å². The van der Waals surface area contributed by atoms with Crippen LogP contribution in [0.4, 0.5) is 0 Å². The first-order valence-corrected chi connectivity index (χ1v) is 4.67. The number of aliphatic carboxylic acids is 2. The standard InChI is InChI=1S/C9H13N3O4.2Na/c13-8(14)6-11(7-9(15)16)4-5-12-3-1-2-10-12;;/h1-3H,4-7H2,(H,13,14)(H,15,16);;/q;2*+1/p-2. The van der Waals surface area contributed by atoms with E-state index in [9.17, 15) is 19.8 Å². The molecule has 9 heteroatoms. The fraction of sp³-hybridized carbons (Fsp3) is 0.444. The molecule has 1 aromatic rings. The fourth-order valence-corrected chi connectivity index (χ4v) is 1.26. The van der Waals surface area contributed by atoms with Gasteiger partial charge in [-0.2, -0.15) is 5.10 Å². The summed E-state index contributed by atoms with van der Waals surface area (Å²) in [4.78, 5) is 21.9. The van der Waals surface area contributed by atoms with Crippen LogP contribution >= 0.6 is 0 Å². The normalized spacial score (nSPS) is 9.39. The van der Waals surface area contributed by atoms with Crippen molar-refractivity contribution in [2.45, 2.75) is 6.54 Å². The first kappa shape index (κ1) is 20.4. The van der Waals surface area contributed by atoms with E-state index in [2.05, 4.69) is 5.10 Å². The van der Waals surface area contributed by atoms with Crippen LogP contribution < -0.4 is 69.3 Å². The zero-order chi connectivity index (χ0) is 12.0. The molecule has 0 atom stereocenters. The molecule has 1 aromatic heterocycles. The van der Waals surface area contributed by atoms with Crippen molar-refractivity contribution in [3.05, 3.63) is 18.5 Å². The van der Waals surface area contributed by atoms with Crippen molar-refractivity contribution in [1.29, 1.82) is 0 Å². The molecule has 0 aliphatic heterocycles. The van der Waals surface area contributed by atoms with E-state index in [1.807, 2.05) is 0 Å². The zero-order valence-electron chi connectivity index (χ0n) is 10.5. The van der Waals surface area contributed by atoms with Crippen LogP contribution in [-0.2, 0) is 16.1 Å². The van der Waals surface area contributed by atoms with Crippen molar-refractivity contribution in [3.8, 4) is 0 Å². The van der Waals surface area contributed by atoms with Crippen molar-refractivity contribution in [1.82, 2.24) is 14.7 Å². The van der Waals surface area contributed by atoms with Gasteiger partial charge in [0.15, 0.2) is 0 Å². The SMILES string of the molecule is O=C([O-])CN(CCn1cccn1)CC(=O)[O-].[Na+].[Na+]. The van der Waals surface area contributed by atoms with Crippen LogP contribution in [-0.4, -0.2) is 46.3 Å². The molecule has 1 heterocycles. The van der Waals surface area contributed by atoms with Crippen LogP contribution in [0.15, 0.2) is 18.5 Å². The van der Waals surface area contributed by atoms with E-state index in [-0.39, 0.29) is 65.7 Å². The van der Waals surface area contributed by atoms with Gasteiger partial charge in [0.1, 0.15) is 0 Å². The Hall–Kier alpha value is 0.110. The summed E-state index contributed by atoms with van der Waals surface area (Å²) < 4.78 is 1.58. The second-order valence-electron chi connectivity index (χ2n) is 3.22. The quantitative estimate of drug-likeness (QED) is 0.456. The zero-order valence-corrected chi connectivity index (χ0v) is 14.5. The second-order valence-corrected chi connectivity index (χ2v) is 3.22. The van der Waals surface area contributed by atoms with Gasteiger partial charge >= 0.3 is 59.1 Å². The summed E-state index contributed by atoms with van der Waals surface area (Å²) in [6.45, 7) is -0.207. The Bertz CT molecular complexity index is 343. The van der Waals surface area contributed by atoms with Crippen molar-refractivity contribution in [2.24, 2.45) is 0 Å². The minimum atomic E-state index is -1.32. The number of aromatic nitrogens is 2. The average Bonchev–Trinajstić information content (AvgIpc) is 2.64. The van der Waals surface area contributed by atoms with Gasteiger partial charge in [0.05, 0.1) is 18.5 Å². The van der Waals surface area contributed by atoms with Crippen LogP contribution in [0.5, 0.6) is 0 Å². The van der Waals surface area contributed by atoms with Gasteiger partial charge in [0.25, 0.3) is 0 Å². The molecule has 0 saturated carbocycles. The van der Waals surface area contributed by atoms with Crippen LogP contribution in [0.1, 0.15) is 0 Å². The number of carbonyl (C=O) groups is 2. The van der Waals surface area contributed by atoms with Crippen molar-refractivity contribution < 1.29 is 78.9 Å². The Balaban J connectivity index is 0. The maximum absolute atomic E-state index is 10.4. The first-order chi connectivity index (χ1) is 7.58. The van der Waals surface area contributed by atoms with Gasteiger partial charge < -0.3 is 19.8 Å². The number of carboxylic acid groups (broad SMARTS) is 2. The maximum atomic E-state index is 10.4. The summed E-state index contributed by atoms with van der Waals surface area (Å²) in [7, 11) is 0. The molecule has 1 rings (SSSR count). The second kappa shape index (κ2) is 11.0. The summed E-state index contributed by atoms with van der Waals surface area (Å²) in [5.74, 6) is -2.64. The van der Waals surface area contributed by atoms with Gasteiger partial charge in [-0.3, -0.25) is 9.58 Å². The van der Waals surface area contributed by atoms with E-state index < -0.39 is 25.0 Å². The third-order valence-corrected chi connectivity index (χ3v) is 1.91. The number of hydrogen-bond acceptors (Lipinski definition) is 6. The van der Waals surface area contributed by atoms with Gasteiger partial charge in [-0.1, -0.05) is 0 Å². The molecule has 0 radical (unpaired) electrons. The molecule has 0 aromatic carbocycles. The molecule has 0 unspecified atom stereocenters. The summed E-state index contributed by atoms with van der Waals surface area (Å²) in [6.07, 6.45) is 3.29. The molecule has 0 bridgehead atoms.